The molecule has 0 radical (unpaired) electrons. The summed E-state index contributed by atoms with van der Waals surface area (Å²) in [5.41, 5.74) is 1.72. The lowest BCUT2D eigenvalue weighted by atomic mass is 10.1. The van der Waals surface area contributed by atoms with Gasteiger partial charge in [0.2, 0.25) is 0 Å². The van der Waals surface area contributed by atoms with Gasteiger partial charge in [0.05, 0.1) is 19.7 Å². The lowest BCUT2D eigenvalue weighted by Gasteiger charge is -2.10. The maximum absolute atomic E-state index is 13.8. The SMILES string of the molecule is COc1ccc(CCNc2ncnc3cc(F)c(OC)cc23)cc1. The highest BCUT2D eigenvalue weighted by molar-refractivity contribution is 5.90. The van der Waals surface area contributed by atoms with Crippen molar-refractivity contribution in [2.45, 2.75) is 6.42 Å². The third kappa shape index (κ3) is 3.37. The number of ether oxygens (including phenoxy) is 2. The number of halogens is 1. The number of nitrogens with one attached hydrogen (secondary N) is 1. The molecule has 24 heavy (non-hydrogen) atoms. The highest BCUT2D eigenvalue weighted by atomic mass is 19.1. The Labute approximate surface area is 139 Å². The van der Waals surface area contributed by atoms with Gasteiger partial charge in [0.15, 0.2) is 11.6 Å². The maximum atomic E-state index is 13.8. The number of benzene rings is 2. The van der Waals surface area contributed by atoms with Crippen LogP contribution in [0.15, 0.2) is 42.7 Å². The van der Waals surface area contributed by atoms with Crippen LogP contribution in [0, 0.1) is 5.82 Å². The van der Waals surface area contributed by atoms with Crippen LogP contribution in [0.5, 0.6) is 11.5 Å². The fourth-order valence-corrected chi connectivity index (χ4v) is 2.47. The molecule has 0 amide bonds. The van der Waals surface area contributed by atoms with Crippen LogP contribution in [0.1, 0.15) is 5.56 Å². The van der Waals surface area contributed by atoms with Gasteiger partial charge >= 0.3 is 0 Å². The first-order valence-electron chi connectivity index (χ1n) is 7.56. The van der Waals surface area contributed by atoms with Gasteiger partial charge in [-0.1, -0.05) is 12.1 Å². The van der Waals surface area contributed by atoms with Gasteiger partial charge in [-0.05, 0) is 30.2 Å². The molecule has 0 aliphatic carbocycles. The highest BCUT2D eigenvalue weighted by Crippen LogP contribution is 2.27. The smallest absolute Gasteiger partial charge is 0.167 e. The minimum atomic E-state index is -0.437. The van der Waals surface area contributed by atoms with Gasteiger partial charge in [0, 0.05) is 18.0 Å². The first-order chi connectivity index (χ1) is 11.7. The number of methoxy groups -OCH3 is 2. The lowest BCUT2D eigenvalue weighted by molar-refractivity contribution is 0.387. The van der Waals surface area contributed by atoms with Crippen molar-refractivity contribution >= 4 is 16.7 Å². The average molecular weight is 327 g/mol. The van der Waals surface area contributed by atoms with E-state index in [0.717, 1.165) is 17.6 Å². The Morgan fingerprint density at radius 1 is 1.04 bits per heavy atom. The summed E-state index contributed by atoms with van der Waals surface area (Å²) in [5, 5.41) is 4.00. The largest absolute Gasteiger partial charge is 0.497 e. The number of rotatable bonds is 6. The second kappa shape index (κ2) is 7.12. The monoisotopic (exact) mass is 327 g/mol. The molecule has 1 aromatic heterocycles. The standard InChI is InChI=1S/C18H18FN3O2/c1-23-13-5-3-12(4-6-13)7-8-20-18-14-9-17(24-2)15(19)10-16(14)21-11-22-18/h3-6,9-11H,7-8H2,1-2H3,(H,20,21,22). The van der Waals surface area contributed by atoms with Crippen LogP contribution < -0.4 is 14.8 Å². The molecule has 124 valence electrons. The summed E-state index contributed by atoms with van der Waals surface area (Å²) in [7, 11) is 3.08. The van der Waals surface area contributed by atoms with Crippen LogP contribution in [-0.2, 0) is 6.42 Å². The van der Waals surface area contributed by atoms with Crippen molar-refractivity contribution in [3.05, 3.63) is 54.1 Å². The van der Waals surface area contributed by atoms with Gasteiger partial charge in [-0.2, -0.15) is 0 Å². The van der Waals surface area contributed by atoms with E-state index in [-0.39, 0.29) is 5.75 Å². The molecule has 0 saturated carbocycles. The van der Waals surface area contributed by atoms with Gasteiger partial charge in [0.25, 0.3) is 0 Å². The van der Waals surface area contributed by atoms with Crippen molar-refractivity contribution in [2.24, 2.45) is 0 Å². The molecule has 3 rings (SSSR count). The number of nitrogens with zero attached hydrogens (tertiary/aromatic N) is 2. The minimum absolute atomic E-state index is 0.176. The van der Waals surface area contributed by atoms with Gasteiger partial charge in [-0.3, -0.25) is 0 Å². The quantitative estimate of drug-likeness (QED) is 0.751. The summed E-state index contributed by atoms with van der Waals surface area (Å²) in [4.78, 5) is 8.35. The van der Waals surface area contributed by atoms with Gasteiger partial charge in [-0.25, -0.2) is 14.4 Å². The summed E-state index contributed by atoms with van der Waals surface area (Å²) in [5.74, 6) is 1.23. The zero-order valence-electron chi connectivity index (χ0n) is 13.5. The van der Waals surface area contributed by atoms with E-state index in [1.807, 2.05) is 24.3 Å². The molecule has 0 saturated heterocycles. The molecule has 0 spiro atoms. The molecule has 5 nitrogen and oxygen atoms in total. The topological polar surface area (TPSA) is 56.3 Å². The molecule has 1 heterocycles. The van der Waals surface area contributed by atoms with Crippen LogP contribution in [0.3, 0.4) is 0 Å². The predicted octanol–water partition coefficient (Wildman–Crippen LogP) is 3.44. The van der Waals surface area contributed by atoms with Crippen molar-refractivity contribution < 1.29 is 13.9 Å². The third-order valence-corrected chi connectivity index (χ3v) is 3.77. The Morgan fingerprint density at radius 3 is 2.54 bits per heavy atom. The van der Waals surface area contributed by atoms with Crippen LogP contribution >= 0.6 is 0 Å². The second-order valence-corrected chi connectivity index (χ2v) is 5.25. The predicted molar refractivity (Wildman–Crippen MR) is 91.2 cm³/mol. The van der Waals surface area contributed by atoms with E-state index >= 15 is 0 Å². The molecule has 3 aromatic rings. The maximum Gasteiger partial charge on any atom is 0.167 e. The van der Waals surface area contributed by atoms with Gasteiger partial charge in [0.1, 0.15) is 17.9 Å². The number of anilines is 1. The minimum Gasteiger partial charge on any atom is -0.497 e. The van der Waals surface area contributed by atoms with E-state index in [4.69, 9.17) is 9.47 Å². The normalized spacial score (nSPS) is 10.6. The van der Waals surface area contributed by atoms with Crippen molar-refractivity contribution in [1.82, 2.24) is 9.97 Å². The summed E-state index contributed by atoms with van der Waals surface area (Å²) in [6.07, 6.45) is 2.25. The number of fused-ring (bicyclic) bond motifs is 1. The number of hydrogen-bond donors (Lipinski definition) is 1. The van der Waals surface area contributed by atoms with Crippen LogP contribution in [0.4, 0.5) is 10.2 Å². The van der Waals surface area contributed by atoms with Crippen molar-refractivity contribution in [3.63, 3.8) is 0 Å². The first-order valence-corrected chi connectivity index (χ1v) is 7.56. The summed E-state index contributed by atoms with van der Waals surface area (Å²) in [6.45, 7) is 0.693. The van der Waals surface area contributed by atoms with Crippen molar-refractivity contribution in [3.8, 4) is 11.5 Å². The van der Waals surface area contributed by atoms with Crippen molar-refractivity contribution in [2.75, 3.05) is 26.1 Å². The molecule has 0 fully saturated rings. The average Bonchev–Trinajstić information content (AvgIpc) is 2.62. The zero-order valence-corrected chi connectivity index (χ0v) is 13.5. The van der Waals surface area contributed by atoms with E-state index in [1.54, 1.807) is 13.2 Å². The van der Waals surface area contributed by atoms with Crippen LogP contribution in [0.25, 0.3) is 10.9 Å². The fourth-order valence-electron chi connectivity index (χ4n) is 2.47. The number of hydrogen-bond acceptors (Lipinski definition) is 5. The van der Waals surface area contributed by atoms with E-state index in [1.165, 1.54) is 25.1 Å². The lowest BCUT2D eigenvalue weighted by Crippen LogP contribution is -2.07. The second-order valence-electron chi connectivity index (χ2n) is 5.25. The third-order valence-electron chi connectivity index (χ3n) is 3.77. The highest BCUT2D eigenvalue weighted by Gasteiger charge is 2.10. The Balaban J connectivity index is 1.74. The van der Waals surface area contributed by atoms with Gasteiger partial charge < -0.3 is 14.8 Å². The molecule has 0 bridgehead atoms. The summed E-state index contributed by atoms with van der Waals surface area (Å²) in [6, 6.07) is 10.9. The fraction of sp³-hybridized carbons (Fsp3) is 0.222. The first kappa shape index (κ1) is 16.0. The molecule has 1 N–H and O–H groups in total. The van der Waals surface area contributed by atoms with Crippen LogP contribution in [-0.4, -0.2) is 30.7 Å². The van der Waals surface area contributed by atoms with Gasteiger partial charge in [-0.15, -0.1) is 0 Å². The Hall–Kier alpha value is -2.89. The molecule has 0 unspecified atom stereocenters. The summed E-state index contributed by atoms with van der Waals surface area (Å²) < 4.78 is 24.0. The molecule has 0 atom stereocenters. The molecular formula is C18H18FN3O2. The molecule has 2 aromatic carbocycles. The van der Waals surface area contributed by atoms with Crippen LogP contribution in [0.2, 0.25) is 0 Å². The molecule has 0 aliphatic heterocycles. The van der Waals surface area contributed by atoms with E-state index < -0.39 is 5.82 Å². The van der Waals surface area contributed by atoms with E-state index in [9.17, 15) is 4.39 Å². The Morgan fingerprint density at radius 2 is 1.83 bits per heavy atom. The molecular weight excluding hydrogens is 309 g/mol. The zero-order chi connectivity index (χ0) is 16.9. The Kier molecular flexibility index (Phi) is 4.74. The molecule has 0 aliphatic rings. The van der Waals surface area contributed by atoms with E-state index in [0.29, 0.717) is 17.9 Å². The van der Waals surface area contributed by atoms with Crippen molar-refractivity contribution in [1.29, 1.82) is 0 Å². The number of aromatic nitrogens is 2. The Bertz CT molecular complexity index is 838. The van der Waals surface area contributed by atoms with E-state index in [2.05, 4.69) is 15.3 Å². The summed E-state index contributed by atoms with van der Waals surface area (Å²) >= 11 is 0. The molecule has 6 heteroatoms.